The summed E-state index contributed by atoms with van der Waals surface area (Å²) in [5.41, 5.74) is 0.357. The highest BCUT2D eigenvalue weighted by Gasteiger charge is 2.28. The van der Waals surface area contributed by atoms with Crippen LogP contribution in [0.4, 0.5) is 4.39 Å². The highest BCUT2D eigenvalue weighted by Crippen LogP contribution is 2.27. The zero-order valence-electron chi connectivity index (χ0n) is 11.7. The van der Waals surface area contributed by atoms with Gasteiger partial charge in [0, 0.05) is 6.20 Å². The molecular weight excluding hydrogens is 307 g/mol. The first-order valence-electron chi connectivity index (χ1n) is 6.49. The van der Waals surface area contributed by atoms with E-state index in [1.807, 2.05) is 6.07 Å². The molecule has 1 heterocycles. The molecule has 0 radical (unpaired) electrons. The van der Waals surface area contributed by atoms with Crippen molar-refractivity contribution in [3.05, 3.63) is 59.1 Å². The van der Waals surface area contributed by atoms with E-state index in [0.29, 0.717) is 5.69 Å². The number of benzene rings is 1. The maximum Gasteiger partial charge on any atom is 0.196 e. The molecule has 4 nitrogen and oxygen atoms in total. The summed E-state index contributed by atoms with van der Waals surface area (Å²) in [4.78, 5) is 16.4. The summed E-state index contributed by atoms with van der Waals surface area (Å²) in [5.74, 6) is -1.79. The van der Waals surface area contributed by atoms with Gasteiger partial charge in [0.15, 0.2) is 17.8 Å². The average Bonchev–Trinajstić information content (AvgIpc) is 2.51. The molecule has 2 atom stereocenters. The van der Waals surface area contributed by atoms with Crippen molar-refractivity contribution in [3.63, 3.8) is 0 Å². The van der Waals surface area contributed by atoms with Gasteiger partial charge in [-0.05, 0) is 37.3 Å². The summed E-state index contributed by atoms with van der Waals surface area (Å²) in [6, 6.07) is 10.5. The predicted octanol–water partition coefficient (Wildman–Crippen LogP) is 3.52. The smallest absolute Gasteiger partial charge is 0.196 e. The first kappa shape index (κ1) is 15.9. The largest absolute Gasteiger partial charge is 0.481 e. The number of ketones is 1. The number of hydrogen-bond donors (Lipinski definition) is 0. The molecule has 0 N–H and O–H groups in total. The van der Waals surface area contributed by atoms with Crippen LogP contribution >= 0.6 is 11.6 Å². The van der Waals surface area contributed by atoms with Gasteiger partial charge in [0.25, 0.3) is 0 Å². The lowest BCUT2D eigenvalue weighted by Gasteiger charge is -2.17. The molecule has 0 aliphatic carbocycles. The Hall–Kier alpha value is -2.45. The van der Waals surface area contributed by atoms with E-state index in [4.69, 9.17) is 16.3 Å². The number of ether oxygens (including phenoxy) is 1. The molecular formula is C16H12ClFN2O2. The second-order valence-corrected chi connectivity index (χ2v) is 4.96. The number of nitriles is 1. The Kier molecular flexibility index (Phi) is 5.08. The summed E-state index contributed by atoms with van der Waals surface area (Å²) in [6.07, 6.45) is 0.588. The molecule has 0 saturated heterocycles. The summed E-state index contributed by atoms with van der Waals surface area (Å²) >= 11 is 5.86. The Balaban J connectivity index is 2.16. The molecule has 2 rings (SSSR count). The molecule has 0 saturated carbocycles. The minimum Gasteiger partial charge on any atom is -0.481 e. The van der Waals surface area contributed by atoms with Crippen LogP contribution in [0.3, 0.4) is 0 Å². The standard InChI is InChI=1S/C16H12ClFN2O2/c1-10(22-15-6-5-11(18)8-13(15)17)16(21)12(9-19)14-4-2-3-7-20-14/h2-8,10,12H,1H3/t10-,12-/m0/s1. The molecule has 1 aromatic heterocycles. The van der Waals surface area contributed by atoms with Crippen molar-refractivity contribution < 1.29 is 13.9 Å². The molecule has 0 aliphatic heterocycles. The number of rotatable bonds is 5. The van der Waals surface area contributed by atoms with Gasteiger partial charge in [-0.2, -0.15) is 5.26 Å². The second-order valence-electron chi connectivity index (χ2n) is 4.55. The predicted molar refractivity (Wildman–Crippen MR) is 79.1 cm³/mol. The van der Waals surface area contributed by atoms with E-state index in [1.54, 1.807) is 18.2 Å². The van der Waals surface area contributed by atoms with Crippen molar-refractivity contribution in [3.8, 4) is 11.8 Å². The van der Waals surface area contributed by atoms with Crippen LogP contribution in [-0.4, -0.2) is 16.9 Å². The van der Waals surface area contributed by atoms with Crippen LogP contribution in [0.15, 0.2) is 42.6 Å². The third-order valence-electron chi connectivity index (χ3n) is 3.00. The molecule has 6 heteroatoms. The van der Waals surface area contributed by atoms with Gasteiger partial charge in [0.1, 0.15) is 11.6 Å². The molecule has 0 aliphatic rings. The molecule has 1 aromatic carbocycles. The summed E-state index contributed by atoms with van der Waals surface area (Å²) in [6.45, 7) is 1.51. The molecule has 0 amide bonds. The lowest BCUT2D eigenvalue weighted by Crippen LogP contribution is -2.29. The van der Waals surface area contributed by atoms with Crippen LogP contribution in [0.2, 0.25) is 5.02 Å². The topological polar surface area (TPSA) is 63.0 Å². The number of aromatic nitrogens is 1. The van der Waals surface area contributed by atoms with E-state index in [0.717, 1.165) is 6.07 Å². The maximum atomic E-state index is 13.0. The Labute approximate surface area is 132 Å². The second kappa shape index (κ2) is 7.01. The van der Waals surface area contributed by atoms with E-state index >= 15 is 0 Å². The van der Waals surface area contributed by atoms with Gasteiger partial charge in [-0.15, -0.1) is 0 Å². The third-order valence-corrected chi connectivity index (χ3v) is 3.29. The van der Waals surface area contributed by atoms with Crippen LogP contribution in [-0.2, 0) is 4.79 Å². The fourth-order valence-corrected chi connectivity index (χ4v) is 2.09. The highest BCUT2D eigenvalue weighted by molar-refractivity contribution is 6.32. The minimum atomic E-state index is -1.03. The number of pyridine rings is 1. The van der Waals surface area contributed by atoms with Gasteiger partial charge in [-0.1, -0.05) is 17.7 Å². The minimum absolute atomic E-state index is 0.0611. The molecule has 22 heavy (non-hydrogen) atoms. The van der Waals surface area contributed by atoms with Crippen LogP contribution in [0.25, 0.3) is 0 Å². The lowest BCUT2D eigenvalue weighted by molar-refractivity contribution is -0.125. The monoisotopic (exact) mass is 318 g/mol. The maximum absolute atomic E-state index is 13.0. The van der Waals surface area contributed by atoms with Crippen LogP contribution in [0, 0.1) is 17.1 Å². The van der Waals surface area contributed by atoms with Crippen molar-refractivity contribution >= 4 is 17.4 Å². The van der Waals surface area contributed by atoms with Crippen LogP contribution in [0.1, 0.15) is 18.5 Å². The average molecular weight is 319 g/mol. The number of hydrogen-bond acceptors (Lipinski definition) is 4. The van der Waals surface area contributed by atoms with E-state index in [1.165, 1.54) is 25.3 Å². The fraction of sp³-hybridized carbons (Fsp3) is 0.188. The van der Waals surface area contributed by atoms with Crippen molar-refractivity contribution in [1.29, 1.82) is 5.26 Å². The van der Waals surface area contributed by atoms with Gasteiger partial charge >= 0.3 is 0 Å². The summed E-state index contributed by atoms with van der Waals surface area (Å²) < 4.78 is 18.4. The molecule has 112 valence electrons. The molecule has 0 fully saturated rings. The molecule has 0 bridgehead atoms. The summed E-state index contributed by atoms with van der Waals surface area (Å²) in [7, 11) is 0. The van der Waals surface area contributed by atoms with E-state index in [9.17, 15) is 14.4 Å². The molecule has 0 unspecified atom stereocenters. The number of Topliss-reactive ketones (excluding diaryl/α,β-unsaturated/α-hetero) is 1. The van der Waals surface area contributed by atoms with E-state index in [-0.39, 0.29) is 10.8 Å². The third kappa shape index (κ3) is 3.60. The zero-order chi connectivity index (χ0) is 16.1. The first-order chi connectivity index (χ1) is 10.5. The van der Waals surface area contributed by atoms with Crippen molar-refractivity contribution in [2.45, 2.75) is 18.9 Å². The first-order valence-corrected chi connectivity index (χ1v) is 6.86. The molecule has 0 spiro atoms. The SMILES string of the molecule is C[C@H](Oc1ccc(F)cc1Cl)C(=O)[C@@H](C#N)c1ccccn1. The van der Waals surface area contributed by atoms with Gasteiger partial charge in [-0.25, -0.2) is 4.39 Å². The zero-order valence-corrected chi connectivity index (χ0v) is 12.4. The quantitative estimate of drug-likeness (QED) is 0.846. The van der Waals surface area contributed by atoms with Crippen molar-refractivity contribution in [2.75, 3.05) is 0 Å². The number of halogens is 2. The number of carbonyl (C=O) groups excluding carboxylic acids is 1. The summed E-state index contributed by atoms with van der Waals surface area (Å²) in [5, 5.41) is 9.27. The van der Waals surface area contributed by atoms with Crippen molar-refractivity contribution in [1.82, 2.24) is 4.98 Å². The lowest BCUT2D eigenvalue weighted by atomic mass is 9.98. The van der Waals surface area contributed by atoms with Crippen molar-refractivity contribution in [2.24, 2.45) is 0 Å². The van der Waals surface area contributed by atoms with Gasteiger partial charge in [-0.3, -0.25) is 9.78 Å². The van der Waals surface area contributed by atoms with Crippen LogP contribution < -0.4 is 4.74 Å². The Bertz CT molecular complexity index is 716. The normalized spacial score (nSPS) is 13.0. The van der Waals surface area contributed by atoms with Gasteiger partial charge in [0.2, 0.25) is 0 Å². The van der Waals surface area contributed by atoms with Gasteiger partial charge < -0.3 is 4.74 Å². The van der Waals surface area contributed by atoms with Crippen LogP contribution in [0.5, 0.6) is 5.75 Å². The van der Waals surface area contributed by atoms with E-state index < -0.39 is 23.6 Å². The highest BCUT2D eigenvalue weighted by atomic mass is 35.5. The fourth-order valence-electron chi connectivity index (χ4n) is 1.88. The number of carbonyl (C=O) groups is 1. The molecule has 2 aromatic rings. The van der Waals surface area contributed by atoms with Gasteiger partial charge in [0.05, 0.1) is 16.8 Å². The Morgan fingerprint density at radius 2 is 2.18 bits per heavy atom. The van der Waals surface area contributed by atoms with E-state index in [2.05, 4.69) is 4.98 Å². The number of nitrogens with zero attached hydrogens (tertiary/aromatic N) is 2. The Morgan fingerprint density at radius 1 is 1.41 bits per heavy atom. The Morgan fingerprint density at radius 3 is 2.77 bits per heavy atom.